The predicted molar refractivity (Wildman–Crippen MR) is 249 cm³/mol. The third-order valence-electron chi connectivity index (χ3n) is 11.5. The Morgan fingerprint density at radius 1 is 0.661 bits per heavy atom. The van der Waals surface area contributed by atoms with E-state index in [0.717, 1.165) is 46.9 Å². The number of anilines is 3. The summed E-state index contributed by atoms with van der Waals surface area (Å²) in [6.07, 6.45) is 10.5. The van der Waals surface area contributed by atoms with Crippen LogP contribution in [-0.4, -0.2) is 27.9 Å². The summed E-state index contributed by atoms with van der Waals surface area (Å²) < 4.78 is 9.04. The second-order valence-corrected chi connectivity index (χ2v) is 19.9. The van der Waals surface area contributed by atoms with Crippen molar-refractivity contribution in [3.8, 4) is 17.3 Å². The molecule has 6 nitrogen and oxygen atoms in total. The van der Waals surface area contributed by atoms with Crippen molar-refractivity contribution in [2.75, 3.05) is 16.5 Å². The molecule has 0 fully saturated rings. The summed E-state index contributed by atoms with van der Waals surface area (Å²) in [6, 6.07) is 36.8. The van der Waals surface area contributed by atoms with Crippen LogP contribution in [0.3, 0.4) is 0 Å². The SMILES string of the molecule is CC(C)(C)CC1=CB2C=CC=CN2C(CC(C)(C)C)=C1N1CN(c2cccc(Oc3ccc4c5ccccc5n(-c5cc(C(C)(C)C)ccn5)c4c3)c2)c2ccccc21. The smallest absolute Gasteiger partial charge is 0.312 e. The Kier molecular flexibility index (Phi) is 9.42. The molecule has 298 valence electrons. The molecule has 3 aliphatic heterocycles. The highest BCUT2D eigenvalue weighted by atomic mass is 16.5. The molecule has 0 amide bonds. The number of hydrogen-bond donors (Lipinski definition) is 0. The van der Waals surface area contributed by atoms with Crippen LogP contribution in [0.25, 0.3) is 27.6 Å². The van der Waals surface area contributed by atoms with Crippen LogP contribution < -0.4 is 14.5 Å². The van der Waals surface area contributed by atoms with Crippen molar-refractivity contribution >= 4 is 45.7 Å². The molecule has 9 rings (SSSR count). The molecule has 0 saturated heterocycles. The molecule has 6 aromatic rings. The van der Waals surface area contributed by atoms with Gasteiger partial charge in [-0.05, 0) is 107 Å². The van der Waals surface area contributed by atoms with Crippen LogP contribution >= 0.6 is 0 Å². The number of rotatable bonds is 7. The van der Waals surface area contributed by atoms with Gasteiger partial charge in [-0.3, -0.25) is 4.57 Å². The number of benzene rings is 4. The monoisotopic (exact) mass is 777 g/mol. The Bertz CT molecular complexity index is 2710. The lowest BCUT2D eigenvalue weighted by molar-refractivity contribution is 0.377. The van der Waals surface area contributed by atoms with Crippen molar-refractivity contribution in [3.63, 3.8) is 0 Å². The summed E-state index contributed by atoms with van der Waals surface area (Å²) in [5, 5.41) is 2.36. The average Bonchev–Trinajstić information content (AvgIpc) is 3.72. The molecule has 0 radical (unpaired) electrons. The number of nitrogens with zero attached hydrogens (tertiary/aromatic N) is 5. The molecular weight excluding hydrogens is 721 g/mol. The number of pyridine rings is 1. The zero-order valence-electron chi connectivity index (χ0n) is 36.1. The van der Waals surface area contributed by atoms with Gasteiger partial charge in [-0.15, -0.1) is 0 Å². The number of hydrogen-bond acceptors (Lipinski definition) is 5. The molecule has 7 heteroatoms. The molecule has 4 aromatic carbocycles. The molecule has 5 heterocycles. The molecule has 0 unspecified atom stereocenters. The molecule has 59 heavy (non-hydrogen) atoms. The normalized spacial score (nSPS) is 15.7. The number of allylic oxidation sites excluding steroid dienone is 4. The fourth-order valence-corrected chi connectivity index (χ4v) is 8.98. The van der Waals surface area contributed by atoms with Gasteiger partial charge in [0, 0.05) is 40.5 Å². The van der Waals surface area contributed by atoms with Crippen molar-refractivity contribution in [1.82, 2.24) is 14.4 Å². The summed E-state index contributed by atoms with van der Waals surface area (Å²) in [5.74, 6) is 7.31. The van der Waals surface area contributed by atoms with E-state index in [1.165, 1.54) is 44.7 Å². The van der Waals surface area contributed by atoms with Gasteiger partial charge in [0.2, 0.25) is 0 Å². The maximum Gasteiger partial charge on any atom is 0.312 e. The second kappa shape index (κ2) is 14.4. The molecule has 0 bridgehead atoms. The van der Waals surface area contributed by atoms with Gasteiger partial charge in [0.25, 0.3) is 0 Å². The van der Waals surface area contributed by atoms with Crippen LogP contribution in [0.1, 0.15) is 80.7 Å². The van der Waals surface area contributed by atoms with Gasteiger partial charge in [0.05, 0.1) is 28.1 Å². The van der Waals surface area contributed by atoms with Crippen LogP contribution in [0.5, 0.6) is 11.5 Å². The Balaban J connectivity index is 1.09. The molecule has 0 saturated carbocycles. The van der Waals surface area contributed by atoms with E-state index in [-0.39, 0.29) is 23.1 Å². The third-order valence-corrected chi connectivity index (χ3v) is 11.5. The molecule has 0 aliphatic carbocycles. The van der Waals surface area contributed by atoms with Gasteiger partial charge >= 0.3 is 6.85 Å². The van der Waals surface area contributed by atoms with Gasteiger partial charge in [0.1, 0.15) is 24.0 Å². The first kappa shape index (κ1) is 38.6. The lowest BCUT2D eigenvalue weighted by Gasteiger charge is -2.42. The number of ether oxygens (including phenoxy) is 1. The molecule has 3 aliphatic rings. The second-order valence-electron chi connectivity index (χ2n) is 19.9. The van der Waals surface area contributed by atoms with Crippen LogP contribution in [0.2, 0.25) is 0 Å². The minimum absolute atomic E-state index is 0.00141. The molecule has 0 N–H and O–H groups in total. The van der Waals surface area contributed by atoms with Crippen molar-refractivity contribution < 1.29 is 4.74 Å². The Labute approximate surface area is 350 Å². The summed E-state index contributed by atoms with van der Waals surface area (Å²) in [7, 11) is 0. The molecule has 0 spiro atoms. The molecular formula is C52H56BN5O. The highest BCUT2D eigenvalue weighted by Crippen LogP contribution is 2.49. The summed E-state index contributed by atoms with van der Waals surface area (Å²) in [4.78, 5) is 12.4. The quantitative estimate of drug-likeness (QED) is 0.151. The van der Waals surface area contributed by atoms with Crippen molar-refractivity contribution in [2.45, 2.75) is 80.6 Å². The first-order chi connectivity index (χ1) is 28.1. The number of para-hydroxylation sites is 3. The average molecular weight is 778 g/mol. The van der Waals surface area contributed by atoms with E-state index < -0.39 is 0 Å². The third kappa shape index (κ3) is 7.48. The van der Waals surface area contributed by atoms with Gasteiger partial charge in [0.15, 0.2) is 0 Å². The summed E-state index contributed by atoms with van der Waals surface area (Å²) in [6.45, 7) is 21.8. The van der Waals surface area contributed by atoms with Crippen molar-refractivity contribution in [1.29, 1.82) is 0 Å². The topological polar surface area (TPSA) is 36.8 Å². The standard InChI is InChI=1S/C52H56BN5O/c1-50(2,3)32-36-34-53-26-14-15-28-57(53)47(33-51(4,5)6)49(36)56-35-55(44-21-12-13-22-45(44)56)38-17-16-18-39(30-38)59-40-23-24-42-41-19-10-11-20-43(41)58(46(42)31-40)48-29-37(25-27-54-48)52(7,8)9/h10-31,34H,32-33,35H2,1-9H3. The fraction of sp³-hybridized carbons (Fsp3) is 0.288. The van der Waals surface area contributed by atoms with Gasteiger partial charge in [-0.1, -0.05) is 117 Å². The highest BCUT2D eigenvalue weighted by Gasteiger charge is 2.39. The van der Waals surface area contributed by atoms with E-state index in [1.54, 1.807) is 0 Å². The van der Waals surface area contributed by atoms with Crippen LogP contribution in [-0.2, 0) is 5.41 Å². The van der Waals surface area contributed by atoms with Crippen LogP contribution in [0.4, 0.5) is 17.1 Å². The van der Waals surface area contributed by atoms with E-state index >= 15 is 0 Å². The van der Waals surface area contributed by atoms with Crippen LogP contribution in [0.15, 0.2) is 157 Å². The van der Waals surface area contributed by atoms with Crippen molar-refractivity contribution in [2.24, 2.45) is 10.8 Å². The van der Waals surface area contributed by atoms with E-state index in [9.17, 15) is 0 Å². The maximum atomic E-state index is 6.77. The number of aromatic nitrogens is 2. The zero-order chi connectivity index (χ0) is 41.3. The minimum atomic E-state index is 0.00141. The summed E-state index contributed by atoms with van der Waals surface area (Å²) in [5.41, 5.74) is 11.3. The lowest BCUT2D eigenvalue weighted by atomic mass is 9.55. The summed E-state index contributed by atoms with van der Waals surface area (Å²) >= 11 is 0. The first-order valence-electron chi connectivity index (χ1n) is 21.1. The van der Waals surface area contributed by atoms with E-state index in [1.807, 2.05) is 6.20 Å². The van der Waals surface area contributed by atoms with Gasteiger partial charge in [-0.2, -0.15) is 0 Å². The van der Waals surface area contributed by atoms with Gasteiger partial charge < -0.3 is 19.3 Å². The first-order valence-corrected chi connectivity index (χ1v) is 21.1. The maximum absolute atomic E-state index is 6.77. The van der Waals surface area contributed by atoms with E-state index in [4.69, 9.17) is 9.72 Å². The van der Waals surface area contributed by atoms with E-state index in [0.29, 0.717) is 6.67 Å². The largest absolute Gasteiger partial charge is 0.457 e. The Hall–Kier alpha value is -5.95. The zero-order valence-corrected chi connectivity index (χ0v) is 36.1. The highest BCUT2D eigenvalue weighted by molar-refractivity contribution is 6.68. The lowest BCUT2D eigenvalue weighted by Crippen LogP contribution is -2.42. The Morgan fingerprint density at radius 3 is 2.14 bits per heavy atom. The van der Waals surface area contributed by atoms with Crippen LogP contribution in [0, 0.1) is 10.8 Å². The Morgan fingerprint density at radius 2 is 1.37 bits per heavy atom. The number of fused-ring (bicyclic) bond motifs is 5. The fourth-order valence-electron chi connectivity index (χ4n) is 8.98. The van der Waals surface area contributed by atoms with Crippen molar-refractivity contribution in [3.05, 3.63) is 162 Å². The molecule has 0 atom stereocenters. The molecule has 2 aromatic heterocycles. The minimum Gasteiger partial charge on any atom is -0.457 e. The van der Waals surface area contributed by atoms with Gasteiger partial charge in [-0.25, -0.2) is 4.98 Å². The van der Waals surface area contributed by atoms with E-state index in [2.05, 4.69) is 215 Å². The predicted octanol–water partition coefficient (Wildman–Crippen LogP) is 13.7.